The molecule has 2 aromatic heterocycles. The number of para-hydroxylation sites is 1. The molecule has 0 aliphatic carbocycles. The summed E-state index contributed by atoms with van der Waals surface area (Å²) in [6.45, 7) is 0. The van der Waals surface area contributed by atoms with E-state index in [9.17, 15) is 4.39 Å². The molecule has 3 rings (SSSR count). The predicted molar refractivity (Wildman–Crippen MR) is 67.7 cm³/mol. The van der Waals surface area contributed by atoms with E-state index in [2.05, 4.69) is 25.5 Å². The Balaban J connectivity index is 2.09. The molecule has 19 heavy (non-hydrogen) atoms. The quantitative estimate of drug-likeness (QED) is 0.755. The van der Waals surface area contributed by atoms with Gasteiger partial charge in [0.25, 0.3) is 0 Å². The lowest BCUT2D eigenvalue weighted by molar-refractivity contribution is 0.432. The molecule has 0 saturated heterocycles. The van der Waals surface area contributed by atoms with Crippen LogP contribution in [0.1, 0.15) is 0 Å². The normalized spacial score (nSPS) is 10.6. The molecule has 0 saturated carbocycles. The molecule has 0 spiro atoms. The molecule has 0 bridgehead atoms. The first-order chi connectivity index (χ1) is 9.28. The maximum atomic E-state index is 13.6. The van der Waals surface area contributed by atoms with Gasteiger partial charge in [-0.25, -0.2) is 4.39 Å². The molecular formula is C12H10FN5O. The lowest BCUT2D eigenvalue weighted by Gasteiger charge is -2.07. The molecule has 6 nitrogen and oxygen atoms in total. The number of rotatable bonds is 3. The second-order valence-electron chi connectivity index (χ2n) is 3.77. The van der Waals surface area contributed by atoms with Gasteiger partial charge in [0.1, 0.15) is 5.39 Å². The van der Waals surface area contributed by atoms with Crippen molar-refractivity contribution < 1.29 is 9.13 Å². The molecular weight excluding hydrogens is 249 g/mol. The van der Waals surface area contributed by atoms with Crippen molar-refractivity contribution in [1.29, 1.82) is 0 Å². The lowest BCUT2D eigenvalue weighted by atomic mass is 10.3. The van der Waals surface area contributed by atoms with Gasteiger partial charge in [-0.05, 0) is 12.1 Å². The van der Waals surface area contributed by atoms with Crippen molar-refractivity contribution in [2.45, 2.75) is 0 Å². The van der Waals surface area contributed by atoms with Crippen LogP contribution in [-0.2, 0) is 0 Å². The van der Waals surface area contributed by atoms with Gasteiger partial charge >= 0.3 is 0 Å². The summed E-state index contributed by atoms with van der Waals surface area (Å²) in [6.07, 6.45) is 1.53. The smallest absolute Gasteiger partial charge is 0.235 e. The number of aromatic nitrogens is 4. The van der Waals surface area contributed by atoms with Gasteiger partial charge in [-0.15, -0.1) is 0 Å². The third-order valence-corrected chi connectivity index (χ3v) is 2.54. The van der Waals surface area contributed by atoms with Crippen LogP contribution in [0, 0.1) is 5.82 Å². The number of aromatic amines is 1. The van der Waals surface area contributed by atoms with Crippen molar-refractivity contribution in [1.82, 2.24) is 20.2 Å². The van der Waals surface area contributed by atoms with Gasteiger partial charge in [-0.3, -0.25) is 5.10 Å². The van der Waals surface area contributed by atoms with Crippen LogP contribution in [0.15, 0.2) is 30.5 Å². The van der Waals surface area contributed by atoms with Crippen molar-refractivity contribution in [3.63, 3.8) is 0 Å². The highest BCUT2D eigenvalue weighted by Crippen LogP contribution is 2.28. The van der Waals surface area contributed by atoms with Crippen LogP contribution in [0.2, 0.25) is 0 Å². The summed E-state index contributed by atoms with van der Waals surface area (Å²) in [5, 5.41) is 9.98. The Labute approximate surface area is 107 Å². The molecule has 0 amide bonds. The Morgan fingerprint density at radius 2 is 2.11 bits per heavy atom. The highest BCUT2D eigenvalue weighted by molar-refractivity contribution is 5.80. The molecule has 1 aromatic carbocycles. The first-order valence-corrected chi connectivity index (χ1v) is 5.59. The van der Waals surface area contributed by atoms with E-state index >= 15 is 0 Å². The Bertz CT molecular complexity index is 727. The maximum Gasteiger partial charge on any atom is 0.235 e. The Hall–Kier alpha value is -2.70. The van der Waals surface area contributed by atoms with Gasteiger partial charge in [0.05, 0.1) is 6.20 Å². The van der Waals surface area contributed by atoms with E-state index in [0.29, 0.717) is 17.0 Å². The molecule has 7 heteroatoms. The zero-order valence-electron chi connectivity index (χ0n) is 10.0. The van der Waals surface area contributed by atoms with Gasteiger partial charge in [0, 0.05) is 7.05 Å². The minimum atomic E-state index is -0.455. The average molecular weight is 259 g/mol. The number of anilines is 1. The highest BCUT2D eigenvalue weighted by Gasteiger charge is 2.12. The highest BCUT2D eigenvalue weighted by atomic mass is 19.1. The second kappa shape index (κ2) is 4.52. The third-order valence-electron chi connectivity index (χ3n) is 2.54. The van der Waals surface area contributed by atoms with Crippen molar-refractivity contribution in [3.8, 4) is 11.6 Å². The summed E-state index contributed by atoms with van der Waals surface area (Å²) >= 11 is 0. The SMILES string of the molecule is CNc1nc(Oc2ccccc2F)c2cn[nH]c2n1. The number of benzene rings is 1. The number of hydrogen-bond donors (Lipinski definition) is 2. The number of nitrogens with one attached hydrogen (secondary N) is 2. The van der Waals surface area contributed by atoms with Crippen LogP contribution in [0.4, 0.5) is 10.3 Å². The number of nitrogens with zero attached hydrogens (tertiary/aromatic N) is 3. The molecule has 0 fully saturated rings. The zero-order chi connectivity index (χ0) is 13.2. The van der Waals surface area contributed by atoms with E-state index in [0.717, 1.165) is 0 Å². The second-order valence-corrected chi connectivity index (χ2v) is 3.77. The van der Waals surface area contributed by atoms with Crippen LogP contribution in [0.5, 0.6) is 11.6 Å². The first-order valence-electron chi connectivity index (χ1n) is 5.59. The van der Waals surface area contributed by atoms with Crippen LogP contribution < -0.4 is 10.1 Å². The van der Waals surface area contributed by atoms with Gasteiger partial charge in [-0.2, -0.15) is 15.1 Å². The monoisotopic (exact) mass is 259 g/mol. The lowest BCUT2D eigenvalue weighted by Crippen LogP contribution is -1.99. The van der Waals surface area contributed by atoms with Crippen LogP contribution in [0.3, 0.4) is 0 Å². The fourth-order valence-corrected chi connectivity index (χ4v) is 1.63. The molecule has 3 aromatic rings. The van der Waals surface area contributed by atoms with Gasteiger partial charge in [-0.1, -0.05) is 12.1 Å². The molecule has 0 atom stereocenters. The minimum Gasteiger partial charge on any atom is -0.435 e. The molecule has 0 aliphatic rings. The topological polar surface area (TPSA) is 75.7 Å². The summed E-state index contributed by atoms with van der Waals surface area (Å²) < 4.78 is 19.1. The molecule has 0 aliphatic heterocycles. The van der Waals surface area contributed by atoms with Crippen LogP contribution in [0.25, 0.3) is 11.0 Å². The molecule has 2 heterocycles. The summed E-state index contributed by atoms with van der Waals surface area (Å²) in [4.78, 5) is 8.32. The van der Waals surface area contributed by atoms with Crippen molar-refractivity contribution >= 4 is 17.0 Å². The summed E-state index contributed by atoms with van der Waals surface area (Å²) in [7, 11) is 1.68. The van der Waals surface area contributed by atoms with E-state index in [1.807, 2.05) is 0 Å². The van der Waals surface area contributed by atoms with E-state index in [4.69, 9.17) is 4.74 Å². The van der Waals surface area contributed by atoms with Crippen molar-refractivity contribution in [2.24, 2.45) is 0 Å². The Morgan fingerprint density at radius 3 is 2.89 bits per heavy atom. The largest absolute Gasteiger partial charge is 0.435 e. The number of halogens is 1. The minimum absolute atomic E-state index is 0.103. The van der Waals surface area contributed by atoms with Gasteiger partial charge in [0.2, 0.25) is 11.8 Å². The third kappa shape index (κ3) is 2.05. The standard InChI is InChI=1S/C12H10FN5O/c1-14-12-16-10-7(6-15-18-10)11(17-12)19-9-5-3-2-4-8(9)13/h2-6H,1H3,(H2,14,15,16,17,18). The van der Waals surface area contributed by atoms with Gasteiger partial charge in [0.15, 0.2) is 17.2 Å². The Morgan fingerprint density at radius 1 is 1.26 bits per heavy atom. The van der Waals surface area contributed by atoms with Gasteiger partial charge < -0.3 is 10.1 Å². The van der Waals surface area contributed by atoms with Crippen LogP contribution >= 0.6 is 0 Å². The summed E-state index contributed by atoms with van der Waals surface area (Å²) in [5.41, 5.74) is 0.519. The van der Waals surface area contributed by atoms with E-state index in [-0.39, 0.29) is 11.6 Å². The van der Waals surface area contributed by atoms with Crippen molar-refractivity contribution in [3.05, 3.63) is 36.3 Å². The summed E-state index contributed by atoms with van der Waals surface area (Å²) in [5.74, 6) is 0.255. The fourth-order valence-electron chi connectivity index (χ4n) is 1.63. The summed E-state index contributed by atoms with van der Waals surface area (Å²) in [6, 6.07) is 6.13. The molecule has 0 radical (unpaired) electrons. The number of hydrogen-bond acceptors (Lipinski definition) is 5. The number of H-pyrrole nitrogens is 1. The number of fused-ring (bicyclic) bond motifs is 1. The van der Waals surface area contributed by atoms with E-state index in [1.54, 1.807) is 19.2 Å². The average Bonchev–Trinajstić information content (AvgIpc) is 2.89. The Kier molecular flexibility index (Phi) is 2.71. The molecule has 96 valence electrons. The predicted octanol–water partition coefficient (Wildman–Crippen LogP) is 2.33. The van der Waals surface area contributed by atoms with E-state index in [1.165, 1.54) is 18.3 Å². The number of ether oxygens (including phenoxy) is 1. The molecule has 2 N–H and O–H groups in total. The fraction of sp³-hybridized carbons (Fsp3) is 0.0833. The van der Waals surface area contributed by atoms with Crippen molar-refractivity contribution in [2.75, 3.05) is 12.4 Å². The van der Waals surface area contributed by atoms with Crippen LogP contribution in [-0.4, -0.2) is 27.2 Å². The van der Waals surface area contributed by atoms with E-state index < -0.39 is 5.82 Å². The first kappa shape index (κ1) is 11.4. The maximum absolute atomic E-state index is 13.6. The zero-order valence-corrected chi connectivity index (χ0v) is 10.0. The molecule has 0 unspecified atom stereocenters.